The van der Waals surface area contributed by atoms with Crippen LogP contribution in [0.2, 0.25) is 0 Å². The van der Waals surface area contributed by atoms with E-state index >= 15 is 0 Å². The van der Waals surface area contributed by atoms with Crippen LogP contribution in [0, 0.1) is 17.5 Å². The van der Waals surface area contributed by atoms with Gasteiger partial charge in [-0.25, -0.2) is 13.2 Å². The molecule has 2 nitrogen and oxygen atoms in total. The average molecular weight is 476 g/mol. The molecule has 0 fully saturated rings. The summed E-state index contributed by atoms with van der Waals surface area (Å²) in [5.41, 5.74) is -0.487. The van der Waals surface area contributed by atoms with Crippen LogP contribution in [0.15, 0.2) is 54.6 Å². The minimum atomic E-state index is -5.20. The predicted molar refractivity (Wildman–Crippen MR) is 103 cm³/mol. The minimum Gasteiger partial charge on any atom is -0.429 e. The number of hydrogen-bond acceptors (Lipinski definition) is 2. The maximum Gasteiger partial charge on any atom is 0.573 e. The van der Waals surface area contributed by atoms with Gasteiger partial charge in [0.2, 0.25) is 0 Å². The van der Waals surface area contributed by atoms with Crippen LogP contribution >= 0.6 is 0 Å². The molecule has 0 spiro atoms. The lowest BCUT2D eigenvalue weighted by atomic mass is 10.00. The third-order valence-electron chi connectivity index (χ3n) is 4.57. The molecule has 0 aliphatic rings. The molecule has 0 N–H and O–H groups in total. The number of hydrogen-bond donors (Lipinski definition) is 0. The summed E-state index contributed by atoms with van der Waals surface area (Å²) in [7, 11) is 0. The van der Waals surface area contributed by atoms with E-state index in [9.17, 15) is 35.1 Å². The molecular formula is C23H16F8O2. The first-order valence-corrected chi connectivity index (χ1v) is 9.61. The Labute approximate surface area is 183 Å². The highest BCUT2D eigenvalue weighted by molar-refractivity contribution is 5.65. The van der Waals surface area contributed by atoms with Crippen molar-refractivity contribution in [1.82, 2.24) is 0 Å². The van der Waals surface area contributed by atoms with Crippen molar-refractivity contribution in [3.8, 4) is 22.6 Å². The number of halogens is 8. The Morgan fingerprint density at radius 3 is 2.00 bits per heavy atom. The van der Waals surface area contributed by atoms with Crippen molar-refractivity contribution in [2.75, 3.05) is 0 Å². The smallest absolute Gasteiger partial charge is 0.429 e. The summed E-state index contributed by atoms with van der Waals surface area (Å²) >= 11 is 0. The number of rotatable bonds is 7. The number of benzene rings is 3. The Morgan fingerprint density at radius 1 is 0.758 bits per heavy atom. The summed E-state index contributed by atoms with van der Waals surface area (Å²) in [5, 5.41) is 0. The first kappa shape index (κ1) is 24.3. The zero-order valence-electron chi connectivity index (χ0n) is 17.0. The van der Waals surface area contributed by atoms with E-state index in [1.807, 2.05) is 6.92 Å². The van der Waals surface area contributed by atoms with E-state index in [0.29, 0.717) is 18.2 Å². The Bertz CT molecular complexity index is 1120. The number of aryl methyl sites for hydroxylation is 1. The molecule has 0 saturated carbocycles. The van der Waals surface area contributed by atoms with Crippen molar-refractivity contribution in [2.24, 2.45) is 0 Å². The highest BCUT2D eigenvalue weighted by Gasteiger charge is 2.40. The Morgan fingerprint density at radius 2 is 1.42 bits per heavy atom. The molecule has 0 aliphatic heterocycles. The largest absolute Gasteiger partial charge is 0.573 e. The predicted octanol–water partition coefficient (Wildman–Crippen LogP) is 7.75. The Hall–Kier alpha value is -3.30. The monoisotopic (exact) mass is 476 g/mol. The molecule has 0 unspecified atom stereocenters. The van der Waals surface area contributed by atoms with E-state index in [4.69, 9.17) is 0 Å². The van der Waals surface area contributed by atoms with Crippen molar-refractivity contribution in [2.45, 2.75) is 32.2 Å². The molecule has 0 atom stereocenters. The van der Waals surface area contributed by atoms with Crippen LogP contribution in [-0.2, 0) is 12.5 Å². The van der Waals surface area contributed by atoms with Gasteiger partial charge < -0.3 is 9.47 Å². The summed E-state index contributed by atoms with van der Waals surface area (Å²) in [4.78, 5) is 0. The Kier molecular flexibility index (Phi) is 6.85. The van der Waals surface area contributed by atoms with Crippen LogP contribution in [0.4, 0.5) is 35.1 Å². The van der Waals surface area contributed by atoms with Crippen LogP contribution < -0.4 is 9.47 Å². The SMILES string of the molecule is CCCc1ccc(-c2ccc(C(F)(F)Oc3ccc(OC(F)(F)F)c(F)c3)c(F)c2F)cc1. The lowest BCUT2D eigenvalue weighted by Gasteiger charge is -2.20. The Balaban J connectivity index is 1.86. The zero-order valence-corrected chi connectivity index (χ0v) is 17.0. The molecular weight excluding hydrogens is 460 g/mol. The molecule has 10 heteroatoms. The minimum absolute atomic E-state index is 0.204. The topological polar surface area (TPSA) is 18.5 Å². The quantitative estimate of drug-likeness (QED) is 0.325. The lowest BCUT2D eigenvalue weighted by Crippen LogP contribution is -2.24. The van der Waals surface area contributed by atoms with Crippen LogP contribution in [0.5, 0.6) is 11.5 Å². The molecule has 0 radical (unpaired) electrons. The molecule has 33 heavy (non-hydrogen) atoms. The fourth-order valence-corrected chi connectivity index (χ4v) is 3.09. The third-order valence-corrected chi connectivity index (χ3v) is 4.57. The van der Waals surface area contributed by atoms with E-state index in [2.05, 4.69) is 9.47 Å². The van der Waals surface area contributed by atoms with Gasteiger partial charge in [0.15, 0.2) is 23.2 Å². The van der Waals surface area contributed by atoms with E-state index in [1.54, 1.807) is 12.1 Å². The highest BCUT2D eigenvalue weighted by atomic mass is 19.4. The first-order chi connectivity index (χ1) is 15.4. The summed E-state index contributed by atoms with van der Waals surface area (Å²) in [6.45, 7) is 1.98. The maximum atomic E-state index is 14.6. The summed E-state index contributed by atoms with van der Waals surface area (Å²) < 4.78 is 116. The van der Waals surface area contributed by atoms with Gasteiger partial charge in [0.05, 0.1) is 0 Å². The number of alkyl halides is 5. The van der Waals surface area contributed by atoms with Crippen LogP contribution in [-0.4, -0.2) is 6.36 Å². The average Bonchev–Trinajstić information content (AvgIpc) is 2.72. The summed E-state index contributed by atoms with van der Waals surface area (Å²) in [6.07, 6.45) is -8.00. The van der Waals surface area contributed by atoms with E-state index in [0.717, 1.165) is 24.5 Å². The second kappa shape index (κ2) is 9.29. The lowest BCUT2D eigenvalue weighted by molar-refractivity contribution is -0.275. The fourth-order valence-electron chi connectivity index (χ4n) is 3.09. The van der Waals surface area contributed by atoms with Crippen LogP contribution in [0.25, 0.3) is 11.1 Å². The summed E-state index contributed by atoms with van der Waals surface area (Å²) in [6, 6.07) is 9.23. The van der Waals surface area contributed by atoms with E-state index < -0.39 is 47.0 Å². The highest BCUT2D eigenvalue weighted by Crippen LogP contribution is 2.38. The summed E-state index contributed by atoms with van der Waals surface area (Å²) in [5.74, 6) is -7.27. The molecule has 3 aromatic carbocycles. The second-order valence-electron chi connectivity index (χ2n) is 6.99. The molecule has 0 saturated heterocycles. The van der Waals surface area contributed by atoms with Crippen molar-refractivity contribution >= 4 is 0 Å². The van der Waals surface area contributed by atoms with E-state index in [1.165, 1.54) is 12.1 Å². The molecule has 3 aromatic rings. The second-order valence-corrected chi connectivity index (χ2v) is 6.99. The van der Waals surface area contributed by atoms with E-state index in [-0.39, 0.29) is 17.2 Å². The van der Waals surface area contributed by atoms with Gasteiger partial charge in [-0.3, -0.25) is 0 Å². The van der Waals surface area contributed by atoms with Crippen LogP contribution in [0.3, 0.4) is 0 Å². The maximum absolute atomic E-state index is 14.6. The van der Waals surface area contributed by atoms with Gasteiger partial charge in [-0.2, -0.15) is 8.78 Å². The van der Waals surface area contributed by atoms with Crippen molar-refractivity contribution in [3.63, 3.8) is 0 Å². The zero-order chi connectivity index (χ0) is 24.4. The molecule has 176 valence electrons. The third kappa shape index (κ3) is 5.74. The molecule has 0 amide bonds. The normalized spacial score (nSPS) is 12.0. The molecule has 0 heterocycles. The first-order valence-electron chi connectivity index (χ1n) is 9.61. The molecule has 0 aromatic heterocycles. The van der Waals surface area contributed by atoms with Gasteiger partial charge in [-0.1, -0.05) is 43.7 Å². The van der Waals surface area contributed by atoms with Gasteiger partial charge in [-0.05, 0) is 35.7 Å². The fraction of sp³-hybridized carbons (Fsp3) is 0.217. The van der Waals surface area contributed by atoms with Gasteiger partial charge in [0.25, 0.3) is 0 Å². The van der Waals surface area contributed by atoms with Crippen LogP contribution in [0.1, 0.15) is 24.5 Å². The van der Waals surface area contributed by atoms with Gasteiger partial charge >= 0.3 is 12.5 Å². The number of ether oxygens (including phenoxy) is 2. The van der Waals surface area contributed by atoms with Crippen molar-refractivity contribution in [3.05, 3.63) is 83.2 Å². The van der Waals surface area contributed by atoms with Gasteiger partial charge in [-0.15, -0.1) is 13.2 Å². The molecule has 0 aliphatic carbocycles. The molecule has 3 rings (SSSR count). The standard InChI is InChI=1S/C23H16F8O2/c1-2-3-13-4-6-14(7-5-13)16-9-10-17(21(26)20(16)25)22(27,28)32-15-8-11-19(18(24)12-15)33-23(29,30)31/h4-12H,2-3H2,1H3. The van der Waals surface area contributed by atoms with Crippen molar-refractivity contribution in [1.29, 1.82) is 0 Å². The van der Waals surface area contributed by atoms with Gasteiger partial charge in [0.1, 0.15) is 11.3 Å². The molecule has 0 bridgehead atoms. The van der Waals surface area contributed by atoms with Crippen molar-refractivity contribution < 1.29 is 44.6 Å². The van der Waals surface area contributed by atoms with Gasteiger partial charge in [0, 0.05) is 11.6 Å².